The Morgan fingerprint density at radius 1 is 1.25 bits per heavy atom. The van der Waals surface area contributed by atoms with Crippen molar-refractivity contribution >= 4 is 17.4 Å². The molecule has 0 atom stereocenters. The summed E-state index contributed by atoms with van der Waals surface area (Å²) in [5, 5.41) is 8.17. The van der Waals surface area contributed by atoms with Gasteiger partial charge in [0.25, 0.3) is 0 Å². The minimum atomic E-state index is 0.436. The Morgan fingerprint density at radius 3 is 2.33 bits per heavy atom. The minimum Gasteiger partial charge on any atom is -0.356 e. The summed E-state index contributed by atoms with van der Waals surface area (Å²) < 4.78 is 0. The normalized spacial score (nSPS) is 9.92. The smallest absolute Gasteiger partial charge is 0.151 e. The van der Waals surface area contributed by atoms with Gasteiger partial charge in [0.15, 0.2) is 11.0 Å². The van der Waals surface area contributed by atoms with E-state index in [9.17, 15) is 0 Å². The molecule has 0 aliphatic rings. The maximum Gasteiger partial charge on any atom is 0.151 e. The van der Waals surface area contributed by atoms with Gasteiger partial charge >= 0.3 is 0 Å². The number of hydrogen-bond donors (Lipinski definition) is 0. The molecule has 3 nitrogen and oxygen atoms in total. The molecule has 0 aliphatic heterocycles. The number of nitrogens with zero attached hydrogens (tertiary/aromatic N) is 3. The lowest BCUT2D eigenvalue weighted by Crippen LogP contribution is -2.23. The van der Waals surface area contributed by atoms with Crippen LogP contribution >= 0.6 is 11.6 Å². The topological polar surface area (TPSA) is 29.0 Å². The molecule has 66 valence electrons. The van der Waals surface area contributed by atoms with Crippen molar-refractivity contribution < 1.29 is 0 Å². The second kappa shape index (κ2) is 4.26. The largest absolute Gasteiger partial charge is 0.356 e. The molecule has 0 unspecified atom stereocenters. The maximum atomic E-state index is 5.61. The van der Waals surface area contributed by atoms with E-state index in [1.54, 1.807) is 6.07 Å². The summed E-state index contributed by atoms with van der Waals surface area (Å²) in [5.41, 5.74) is 0. The van der Waals surface area contributed by atoms with Crippen LogP contribution in [-0.4, -0.2) is 23.3 Å². The fourth-order valence-electron chi connectivity index (χ4n) is 1.03. The summed E-state index contributed by atoms with van der Waals surface area (Å²) in [4.78, 5) is 2.11. The summed E-state index contributed by atoms with van der Waals surface area (Å²) >= 11 is 5.61. The van der Waals surface area contributed by atoms with Crippen LogP contribution in [0.1, 0.15) is 13.8 Å². The van der Waals surface area contributed by atoms with E-state index in [0.717, 1.165) is 18.9 Å². The molecular weight excluding hydrogens is 174 g/mol. The van der Waals surface area contributed by atoms with Crippen LogP contribution < -0.4 is 4.90 Å². The highest BCUT2D eigenvalue weighted by atomic mass is 35.5. The Balaban J connectivity index is 2.80. The van der Waals surface area contributed by atoms with E-state index in [0.29, 0.717) is 5.15 Å². The van der Waals surface area contributed by atoms with E-state index in [1.807, 2.05) is 6.07 Å². The predicted molar refractivity (Wildman–Crippen MR) is 50.6 cm³/mol. The van der Waals surface area contributed by atoms with Gasteiger partial charge in [-0.05, 0) is 26.0 Å². The van der Waals surface area contributed by atoms with Gasteiger partial charge in [0.1, 0.15) is 0 Å². The third kappa shape index (κ3) is 2.08. The maximum absolute atomic E-state index is 5.61. The monoisotopic (exact) mass is 185 g/mol. The van der Waals surface area contributed by atoms with Crippen LogP contribution in [0.4, 0.5) is 5.82 Å². The molecule has 0 aromatic carbocycles. The molecule has 0 fully saturated rings. The first-order valence-corrected chi connectivity index (χ1v) is 4.40. The van der Waals surface area contributed by atoms with E-state index >= 15 is 0 Å². The van der Waals surface area contributed by atoms with E-state index < -0.39 is 0 Å². The van der Waals surface area contributed by atoms with Crippen LogP contribution in [0.15, 0.2) is 12.1 Å². The fraction of sp³-hybridized carbons (Fsp3) is 0.500. The number of halogens is 1. The molecule has 1 rings (SSSR count). The summed E-state index contributed by atoms with van der Waals surface area (Å²) in [6.45, 7) is 6.04. The molecule has 1 aromatic heterocycles. The third-order valence-electron chi connectivity index (χ3n) is 1.71. The second-order valence-corrected chi connectivity index (χ2v) is 2.77. The Bertz CT molecular complexity index is 231. The van der Waals surface area contributed by atoms with Crippen LogP contribution in [0, 0.1) is 0 Å². The zero-order valence-electron chi connectivity index (χ0n) is 7.29. The highest BCUT2D eigenvalue weighted by Gasteiger charge is 2.02. The van der Waals surface area contributed by atoms with E-state index in [-0.39, 0.29) is 0 Å². The molecule has 4 heteroatoms. The van der Waals surface area contributed by atoms with Crippen molar-refractivity contribution in [2.45, 2.75) is 13.8 Å². The Morgan fingerprint density at radius 2 is 1.92 bits per heavy atom. The van der Waals surface area contributed by atoms with Crippen LogP contribution in [0.5, 0.6) is 0 Å². The van der Waals surface area contributed by atoms with Gasteiger partial charge in [-0.2, -0.15) is 0 Å². The molecule has 0 saturated carbocycles. The predicted octanol–water partition coefficient (Wildman–Crippen LogP) is 1.98. The number of hydrogen-bond acceptors (Lipinski definition) is 3. The molecular formula is C8H12ClN3. The molecule has 0 N–H and O–H groups in total. The summed E-state index contributed by atoms with van der Waals surface area (Å²) in [5.74, 6) is 0.879. The fourth-order valence-corrected chi connectivity index (χ4v) is 1.13. The molecule has 1 aromatic rings. The first-order chi connectivity index (χ1) is 5.77. The lowest BCUT2D eigenvalue weighted by atomic mass is 10.4. The average Bonchev–Trinajstić information content (AvgIpc) is 2.10. The van der Waals surface area contributed by atoms with E-state index in [2.05, 4.69) is 28.9 Å². The van der Waals surface area contributed by atoms with E-state index in [1.165, 1.54) is 0 Å². The first-order valence-electron chi connectivity index (χ1n) is 4.02. The van der Waals surface area contributed by atoms with Crippen molar-refractivity contribution in [2.75, 3.05) is 18.0 Å². The van der Waals surface area contributed by atoms with E-state index in [4.69, 9.17) is 11.6 Å². The van der Waals surface area contributed by atoms with Gasteiger partial charge < -0.3 is 4.90 Å². The van der Waals surface area contributed by atoms with Crippen LogP contribution in [-0.2, 0) is 0 Å². The zero-order chi connectivity index (χ0) is 8.97. The standard InChI is InChI=1S/C8H12ClN3/c1-3-12(4-2)8-6-5-7(9)10-11-8/h5-6H,3-4H2,1-2H3. The van der Waals surface area contributed by atoms with Crippen molar-refractivity contribution in [1.29, 1.82) is 0 Å². The highest BCUT2D eigenvalue weighted by molar-refractivity contribution is 6.29. The molecule has 0 amide bonds. The van der Waals surface area contributed by atoms with Crippen molar-refractivity contribution in [1.82, 2.24) is 10.2 Å². The molecule has 12 heavy (non-hydrogen) atoms. The lowest BCUT2D eigenvalue weighted by molar-refractivity contribution is 0.824. The van der Waals surface area contributed by atoms with Crippen molar-refractivity contribution in [3.8, 4) is 0 Å². The summed E-state index contributed by atoms with van der Waals surface area (Å²) in [6.07, 6.45) is 0. The highest BCUT2D eigenvalue weighted by Crippen LogP contribution is 2.10. The van der Waals surface area contributed by atoms with Crippen LogP contribution in [0.2, 0.25) is 5.15 Å². The molecule has 0 bridgehead atoms. The van der Waals surface area contributed by atoms with Gasteiger partial charge in [-0.25, -0.2) is 0 Å². The lowest BCUT2D eigenvalue weighted by Gasteiger charge is -2.18. The average molecular weight is 186 g/mol. The van der Waals surface area contributed by atoms with Gasteiger partial charge in [-0.1, -0.05) is 11.6 Å². The van der Waals surface area contributed by atoms with Crippen molar-refractivity contribution in [2.24, 2.45) is 0 Å². The summed E-state index contributed by atoms with van der Waals surface area (Å²) in [7, 11) is 0. The first kappa shape index (κ1) is 9.26. The Kier molecular flexibility index (Phi) is 3.29. The second-order valence-electron chi connectivity index (χ2n) is 2.39. The Hall–Kier alpha value is -0.830. The quantitative estimate of drug-likeness (QED) is 0.721. The van der Waals surface area contributed by atoms with Crippen LogP contribution in [0.25, 0.3) is 0 Å². The number of rotatable bonds is 3. The SMILES string of the molecule is CCN(CC)c1ccc(Cl)nn1. The van der Waals surface area contributed by atoms with Gasteiger partial charge in [-0.15, -0.1) is 10.2 Å². The van der Waals surface area contributed by atoms with Crippen LogP contribution in [0.3, 0.4) is 0 Å². The molecule has 1 heterocycles. The molecule has 0 saturated heterocycles. The Labute approximate surface area is 77.4 Å². The third-order valence-corrected chi connectivity index (χ3v) is 1.91. The zero-order valence-corrected chi connectivity index (χ0v) is 8.04. The van der Waals surface area contributed by atoms with Crippen molar-refractivity contribution in [3.63, 3.8) is 0 Å². The van der Waals surface area contributed by atoms with Gasteiger partial charge in [0, 0.05) is 13.1 Å². The molecule has 0 spiro atoms. The number of aromatic nitrogens is 2. The number of anilines is 1. The van der Waals surface area contributed by atoms with Gasteiger partial charge in [-0.3, -0.25) is 0 Å². The molecule has 0 radical (unpaired) electrons. The summed E-state index contributed by atoms with van der Waals surface area (Å²) in [6, 6.07) is 3.63. The molecule has 0 aliphatic carbocycles. The van der Waals surface area contributed by atoms with Crippen molar-refractivity contribution in [3.05, 3.63) is 17.3 Å². The minimum absolute atomic E-state index is 0.436. The van der Waals surface area contributed by atoms with Gasteiger partial charge in [0.05, 0.1) is 0 Å². The van der Waals surface area contributed by atoms with Gasteiger partial charge in [0.2, 0.25) is 0 Å².